The number of amides is 1. The minimum Gasteiger partial charge on any atom is -0.504 e. The van der Waals surface area contributed by atoms with Gasteiger partial charge in [0, 0.05) is 12.2 Å². The van der Waals surface area contributed by atoms with E-state index in [0.717, 1.165) is 11.3 Å². The van der Waals surface area contributed by atoms with E-state index in [4.69, 9.17) is 14.2 Å². The number of esters is 1. The van der Waals surface area contributed by atoms with E-state index in [2.05, 4.69) is 0 Å². The molecule has 0 atom stereocenters. The van der Waals surface area contributed by atoms with Crippen molar-refractivity contribution in [2.75, 3.05) is 27.4 Å². The maximum absolute atomic E-state index is 13.3. The summed E-state index contributed by atoms with van der Waals surface area (Å²) in [5.41, 5.74) is 2.70. The average Bonchev–Trinajstić information content (AvgIpc) is 3.03. The topological polar surface area (TPSA) is 85.3 Å². The van der Waals surface area contributed by atoms with E-state index in [0.29, 0.717) is 36.6 Å². The van der Waals surface area contributed by atoms with Crippen LogP contribution in [-0.4, -0.2) is 49.3 Å². The Morgan fingerprint density at radius 2 is 1.84 bits per heavy atom. The van der Waals surface area contributed by atoms with Gasteiger partial charge in [0.25, 0.3) is 5.91 Å². The number of allylic oxidation sites excluding steroid dienone is 1. The lowest BCUT2D eigenvalue weighted by molar-refractivity contribution is -0.136. The van der Waals surface area contributed by atoms with Gasteiger partial charge in [0.1, 0.15) is 5.75 Å². The molecule has 7 heteroatoms. The number of nitrogens with zero attached hydrogens (tertiary/aromatic N) is 1. The van der Waals surface area contributed by atoms with Crippen molar-refractivity contribution in [1.29, 1.82) is 0 Å². The molecule has 2 aromatic carbocycles. The van der Waals surface area contributed by atoms with Crippen LogP contribution in [0.25, 0.3) is 6.08 Å². The summed E-state index contributed by atoms with van der Waals surface area (Å²) in [5, 5.41) is 9.94. The molecule has 0 saturated carbocycles. The molecule has 7 nitrogen and oxygen atoms in total. The number of aromatic hydroxyl groups is 1. The van der Waals surface area contributed by atoms with Crippen molar-refractivity contribution in [3.8, 4) is 17.2 Å². The van der Waals surface area contributed by atoms with E-state index in [1.807, 2.05) is 31.2 Å². The number of carbonyl (C=O) groups excluding carboxylic acids is 2. The second kappa shape index (κ2) is 10.0. The van der Waals surface area contributed by atoms with Gasteiger partial charge in [-0.3, -0.25) is 4.79 Å². The molecule has 0 radical (unpaired) electrons. The standard InChI is InChI=1S/C25H27NO6/c1-5-32-22-15-18(8-11-21(22)27)14-20-23(25(29)31-4)16(2)26(24(20)28)13-12-17-6-9-19(30-3)10-7-17/h6-11,14-15,27H,5,12-13H2,1-4H3/b20-14-. The molecule has 3 rings (SSSR count). The number of hydrogen-bond donors (Lipinski definition) is 1. The third-order valence-electron chi connectivity index (χ3n) is 5.28. The van der Waals surface area contributed by atoms with E-state index in [1.54, 1.807) is 37.1 Å². The lowest BCUT2D eigenvalue weighted by Crippen LogP contribution is -2.27. The summed E-state index contributed by atoms with van der Waals surface area (Å²) in [6.07, 6.45) is 2.23. The van der Waals surface area contributed by atoms with Crippen molar-refractivity contribution in [1.82, 2.24) is 4.90 Å². The molecular weight excluding hydrogens is 410 g/mol. The van der Waals surface area contributed by atoms with E-state index in [-0.39, 0.29) is 22.8 Å². The first kappa shape index (κ1) is 22.9. The van der Waals surface area contributed by atoms with Crippen LogP contribution in [0.2, 0.25) is 0 Å². The van der Waals surface area contributed by atoms with Crippen molar-refractivity contribution in [3.05, 3.63) is 70.4 Å². The quantitative estimate of drug-likeness (QED) is 0.501. The average molecular weight is 437 g/mol. The summed E-state index contributed by atoms with van der Waals surface area (Å²) < 4.78 is 15.5. The van der Waals surface area contributed by atoms with Crippen molar-refractivity contribution in [3.63, 3.8) is 0 Å². The molecule has 1 heterocycles. The third kappa shape index (κ3) is 4.77. The Hall–Kier alpha value is -3.74. The van der Waals surface area contributed by atoms with Crippen LogP contribution in [0.1, 0.15) is 25.0 Å². The third-order valence-corrected chi connectivity index (χ3v) is 5.28. The second-order valence-electron chi connectivity index (χ2n) is 7.23. The van der Waals surface area contributed by atoms with E-state index in [1.165, 1.54) is 13.2 Å². The molecular formula is C25H27NO6. The highest BCUT2D eigenvalue weighted by molar-refractivity contribution is 6.16. The Morgan fingerprint density at radius 3 is 2.47 bits per heavy atom. The zero-order chi connectivity index (χ0) is 23.3. The molecule has 1 aliphatic heterocycles. The predicted octanol–water partition coefficient (Wildman–Crippen LogP) is 3.71. The largest absolute Gasteiger partial charge is 0.504 e. The summed E-state index contributed by atoms with van der Waals surface area (Å²) in [6.45, 7) is 4.35. The first-order valence-electron chi connectivity index (χ1n) is 10.3. The van der Waals surface area contributed by atoms with Gasteiger partial charge in [-0.1, -0.05) is 18.2 Å². The molecule has 32 heavy (non-hydrogen) atoms. The predicted molar refractivity (Wildman–Crippen MR) is 120 cm³/mol. The van der Waals surface area contributed by atoms with Gasteiger partial charge in [-0.2, -0.15) is 0 Å². The van der Waals surface area contributed by atoms with E-state index >= 15 is 0 Å². The minimum absolute atomic E-state index is 0.00720. The van der Waals surface area contributed by atoms with Crippen LogP contribution < -0.4 is 9.47 Å². The molecule has 0 saturated heterocycles. The summed E-state index contributed by atoms with van der Waals surface area (Å²) in [6, 6.07) is 12.4. The van der Waals surface area contributed by atoms with Crippen molar-refractivity contribution in [2.45, 2.75) is 20.3 Å². The van der Waals surface area contributed by atoms with E-state index in [9.17, 15) is 14.7 Å². The fourth-order valence-corrected chi connectivity index (χ4v) is 3.59. The van der Waals surface area contributed by atoms with Gasteiger partial charge in [-0.25, -0.2) is 4.79 Å². The van der Waals surface area contributed by atoms with Crippen LogP contribution in [0.3, 0.4) is 0 Å². The molecule has 0 aromatic heterocycles. The zero-order valence-electron chi connectivity index (χ0n) is 18.7. The Morgan fingerprint density at radius 1 is 1.12 bits per heavy atom. The Kier molecular flexibility index (Phi) is 7.20. The van der Waals surface area contributed by atoms with Gasteiger partial charge >= 0.3 is 5.97 Å². The fourth-order valence-electron chi connectivity index (χ4n) is 3.59. The minimum atomic E-state index is -0.571. The number of hydrogen-bond acceptors (Lipinski definition) is 6. The Balaban J connectivity index is 1.91. The molecule has 2 aromatic rings. The molecule has 0 unspecified atom stereocenters. The SMILES string of the molecule is CCOc1cc(/C=C2\C(=O)N(CCc3ccc(OC)cc3)C(C)=C2C(=O)OC)ccc1O. The number of benzene rings is 2. The van der Waals surface area contributed by atoms with Crippen LogP contribution in [-0.2, 0) is 20.7 Å². The molecule has 1 N–H and O–H groups in total. The van der Waals surface area contributed by atoms with Crippen LogP contribution in [0.15, 0.2) is 59.3 Å². The maximum atomic E-state index is 13.3. The van der Waals surface area contributed by atoms with Crippen LogP contribution in [0.5, 0.6) is 17.2 Å². The molecule has 1 amide bonds. The summed E-state index contributed by atoms with van der Waals surface area (Å²) in [5.74, 6) is 0.234. The van der Waals surface area contributed by atoms with Gasteiger partial charge in [0.05, 0.1) is 32.0 Å². The van der Waals surface area contributed by atoms with Gasteiger partial charge in [0.2, 0.25) is 0 Å². The number of phenolic OH excluding ortho intramolecular Hbond substituents is 1. The molecule has 0 spiro atoms. The molecule has 0 aliphatic carbocycles. The highest BCUT2D eigenvalue weighted by atomic mass is 16.5. The number of methoxy groups -OCH3 is 2. The first-order chi connectivity index (χ1) is 15.4. The summed E-state index contributed by atoms with van der Waals surface area (Å²) in [4.78, 5) is 27.4. The Labute approximate surface area is 187 Å². The van der Waals surface area contributed by atoms with Crippen molar-refractivity contribution >= 4 is 18.0 Å². The number of phenols is 1. The molecule has 0 fully saturated rings. The lowest BCUT2D eigenvalue weighted by atomic mass is 10.0. The highest BCUT2D eigenvalue weighted by Crippen LogP contribution is 2.34. The monoisotopic (exact) mass is 437 g/mol. The van der Waals surface area contributed by atoms with Crippen LogP contribution in [0, 0.1) is 0 Å². The first-order valence-corrected chi connectivity index (χ1v) is 10.3. The van der Waals surface area contributed by atoms with Crippen LogP contribution >= 0.6 is 0 Å². The maximum Gasteiger partial charge on any atom is 0.340 e. The number of ether oxygens (including phenoxy) is 3. The van der Waals surface area contributed by atoms with Gasteiger partial charge < -0.3 is 24.2 Å². The normalized spacial score (nSPS) is 14.8. The summed E-state index contributed by atoms with van der Waals surface area (Å²) in [7, 11) is 2.90. The van der Waals surface area contributed by atoms with Gasteiger partial charge in [-0.15, -0.1) is 0 Å². The second-order valence-corrected chi connectivity index (χ2v) is 7.23. The van der Waals surface area contributed by atoms with Crippen molar-refractivity contribution in [2.24, 2.45) is 0 Å². The Bertz CT molecular complexity index is 1070. The number of carbonyl (C=O) groups is 2. The molecule has 1 aliphatic rings. The highest BCUT2D eigenvalue weighted by Gasteiger charge is 2.36. The summed E-state index contributed by atoms with van der Waals surface area (Å²) >= 11 is 0. The zero-order valence-corrected chi connectivity index (χ0v) is 18.7. The smallest absolute Gasteiger partial charge is 0.340 e. The van der Waals surface area contributed by atoms with Gasteiger partial charge in [0.15, 0.2) is 11.5 Å². The van der Waals surface area contributed by atoms with Crippen LogP contribution in [0.4, 0.5) is 0 Å². The van der Waals surface area contributed by atoms with E-state index < -0.39 is 5.97 Å². The number of rotatable bonds is 8. The lowest BCUT2D eigenvalue weighted by Gasteiger charge is -2.18. The van der Waals surface area contributed by atoms with Gasteiger partial charge in [-0.05, 0) is 61.7 Å². The molecule has 0 bridgehead atoms. The molecule has 168 valence electrons. The fraction of sp³-hybridized carbons (Fsp3) is 0.280. The van der Waals surface area contributed by atoms with Crippen molar-refractivity contribution < 1.29 is 28.9 Å².